The minimum absolute atomic E-state index is 0. The molecule has 154 valence electrons. The van der Waals surface area contributed by atoms with Crippen LogP contribution in [0.4, 0.5) is 21.7 Å². The van der Waals surface area contributed by atoms with Crippen molar-refractivity contribution < 1.29 is 9.13 Å². The lowest BCUT2D eigenvalue weighted by Crippen LogP contribution is -2.10. The molecule has 30 heavy (non-hydrogen) atoms. The number of nitrogens with zero attached hydrogens (tertiary/aromatic N) is 4. The second-order valence-corrected chi connectivity index (χ2v) is 6.71. The second kappa shape index (κ2) is 9.37. The molecule has 2 aromatic heterocycles. The molecule has 0 aliphatic heterocycles. The van der Waals surface area contributed by atoms with Gasteiger partial charge in [-0.05, 0) is 36.4 Å². The highest BCUT2D eigenvalue weighted by molar-refractivity contribution is 5.91. The first kappa shape index (κ1) is 21.3. The Morgan fingerprint density at radius 2 is 1.77 bits per heavy atom. The maximum absolute atomic E-state index is 13.7. The third kappa shape index (κ3) is 4.75. The third-order valence-corrected chi connectivity index (χ3v) is 4.43. The van der Waals surface area contributed by atoms with Gasteiger partial charge in [0.05, 0.1) is 11.7 Å². The summed E-state index contributed by atoms with van der Waals surface area (Å²) in [7, 11) is 3.87. The average molecular weight is 426 g/mol. The van der Waals surface area contributed by atoms with Crippen molar-refractivity contribution >= 4 is 40.6 Å². The van der Waals surface area contributed by atoms with E-state index in [1.165, 1.54) is 12.4 Å². The fourth-order valence-corrected chi connectivity index (χ4v) is 2.84. The zero-order chi connectivity index (χ0) is 20.2. The molecular formula is C22H21ClFN5O. The Labute approximate surface area is 180 Å². The number of hydrogen-bond donors (Lipinski definition) is 1. The minimum Gasteiger partial charge on any atom is -0.489 e. The molecule has 0 saturated heterocycles. The van der Waals surface area contributed by atoms with Crippen molar-refractivity contribution in [3.8, 4) is 5.75 Å². The molecule has 0 aliphatic carbocycles. The van der Waals surface area contributed by atoms with Gasteiger partial charge < -0.3 is 15.0 Å². The summed E-state index contributed by atoms with van der Waals surface area (Å²) in [5.41, 5.74) is 2.14. The zero-order valence-electron chi connectivity index (χ0n) is 16.5. The van der Waals surface area contributed by atoms with Crippen LogP contribution in [0.2, 0.25) is 0 Å². The van der Waals surface area contributed by atoms with Crippen molar-refractivity contribution in [3.63, 3.8) is 0 Å². The van der Waals surface area contributed by atoms with Gasteiger partial charge in [-0.25, -0.2) is 19.3 Å². The smallest absolute Gasteiger partial charge is 0.141 e. The van der Waals surface area contributed by atoms with Gasteiger partial charge in [-0.15, -0.1) is 12.4 Å². The van der Waals surface area contributed by atoms with Gasteiger partial charge in [-0.3, -0.25) is 0 Å². The van der Waals surface area contributed by atoms with Gasteiger partial charge in [0.1, 0.15) is 36.1 Å². The van der Waals surface area contributed by atoms with Crippen molar-refractivity contribution in [2.75, 3.05) is 24.3 Å². The fourth-order valence-electron chi connectivity index (χ4n) is 2.84. The molecular weight excluding hydrogens is 405 g/mol. The number of anilines is 3. The van der Waals surface area contributed by atoms with Crippen molar-refractivity contribution in [1.82, 2.24) is 15.0 Å². The monoisotopic (exact) mass is 425 g/mol. The van der Waals surface area contributed by atoms with Crippen molar-refractivity contribution in [2.45, 2.75) is 6.61 Å². The van der Waals surface area contributed by atoms with Crippen LogP contribution in [0.1, 0.15) is 5.56 Å². The molecule has 0 unspecified atom stereocenters. The van der Waals surface area contributed by atoms with Gasteiger partial charge in [0, 0.05) is 30.7 Å². The lowest BCUT2D eigenvalue weighted by molar-refractivity contribution is 0.300. The quantitative estimate of drug-likeness (QED) is 0.470. The van der Waals surface area contributed by atoms with Gasteiger partial charge in [-0.1, -0.05) is 18.2 Å². The van der Waals surface area contributed by atoms with E-state index < -0.39 is 0 Å². The van der Waals surface area contributed by atoms with Gasteiger partial charge in [-0.2, -0.15) is 0 Å². The van der Waals surface area contributed by atoms with Crippen molar-refractivity contribution in [1.29, 1.82) is 0 Å². The van der Waals surface area contributed by atoms with Crippen LogP contribution in [-0.2, 0) is 6.61 Å². The third-order valence-electron chi connectivity index (χ3n) is 4.43. The highest BCUT2D eigenvalue weighted by Gasteiger charge is 2.08. The topological polar surface area (TPSA) is 63.2 Å². The second-order valence-electron chi connectivity index (χ2n) is 6.71. The highest BCUT2D eigenvalue weighted by Crippen LogP contribution is 2.26. The number of rotatable bonds is 6. The standard InChI is InChI=1S/C22H20FN5O.ClH/c1-28(2)21-11-18-20(12-24-21)25-14-26-22(18)27-16-7-9-17(10-8-16)29-13-15-5-3-4-6-19(15)23;/h3-12,14H,13H2,1-2H3,(H,25,26,27);1H. The molecule has 2 aromatic carbocycles. The summed E-state index contributed by atoms with van der Waals surface area (Å²) in [5, 5.41) is 4.19. The fraction of sp³-hybridized carbons (Fsp3) is 0.136. The summed E-state index contributed by atoms with van der Waals surface area (Å²) < 4.78 is 19.4. The van der Waals surface area contributed by atoms with E-state index in [2.05, 4.69) is 20.3 Å². The maximum Gasteiger partial charge on any atom is 0.141 e. The predicted molar refractivity (Wildman–Crippen MR) is 119 cm³/mol. The summed E-state index contributed by atoms with van der Waals surface area (Å²) in [4.78, 5) is 15.0. The molecule has 0 saturated carbocycles. The van der Waals surface area contributed by atoms with E-state index >= 15 is 0 Å². The molecule has 4 aromatic rings. The van der Waals surface area contributed by atoms with Gasteiger partial charge in [0.2, 0.25) is 0 Å². The molecule has 0 amide bonds. The number of halogens is 2. The van der Waals surface area contributed by atoms with E-state index in [0.717, 1.165) is 22.4 Å². The van der Waals surface area contributed by atoms with Crippen molar-refractivity contribution in [2.24, 2.45) is 0 Å². The number of hydrogen-bond acceptors (Lipinski definition) is 6. The molecule has 2 heterocycles. The molecule has 8 heteroatoms. The first-order chi connectivity index (χ1) is 14.1. The van der Waals surface area contributed by atoms with Crippen LogP contribution in [0.3, 0.4) is 0 Å². The van der Waals surface area contributed by atoms with E-state index in [-0.39, 0.29) is 24.8 Å². The van der Waals surface area contributed by atoms with Crippen LogP contribution < -0.4 is 15.0 Å². The summed E-state index contributed by atoms with van der Waals surface area (Å²) in [6, 6.07) is 16.0. The SMILES string of the molecule is CN(C)c1cc2c(Nc3ccc(OCc4ccccc4F)cc3)ncnc2cn1.Cl. The predicted octanol–water partition coefficient (Wildman–Crippen LogP) is 4.97. The molecule has 0 radical (unpaired) electrons. The Morgan fingerprint density at radius 3 is 2.50 bits per heavy atom. The maximum atomic E-state index is 13.7. The molecule has 0 fully saturated rings. The van der Waals surface area contributed by atoms with E-state index in [4.69, 9.17) is 4.74 Å². The van der Waals surface area contributed by atoms with Crippen LogP contribution in [-0.4, -0.2) is 29.0 Å². The number of ether oxygens (including phenoxy) is 1. The Hall–Kier alpha value is -3.45. The van der Waals surface area contributed by atoms with E-state index in [9.17, 15) is 4.39 Å². The van der Waals surface area contributed by atoms with Crippen molar-refractivity contribution in [3.05, 3.63) is 78.5 Å². The normalized spacial score (nSPS) is 10.4. The highest BCUT2D eigenvalue weighted by atomic mass is 35.5. The van der Waals surface area contributed by atoms with Crippen LogP contribution in [0.5, 0.6) is 5.75 Å². The number of nitrogens with one attached hydrogen (secondary N) is 1. The summed E-state index contributed by atoms with van der Waals surface area (Å²) in [6.07, 6.45) is 3.24. The number of pyridine rings is 1. The summed E-state index contributed by atoms with van der Waals surface area (Å²) >= 11 is 0. The van der Waals surface area contributed by atoms with E-state index in [0.29, 0.717) is 17.1 Å². The first-order valence-electron chi connectivity index (χ1n) is 9.11. The molecule has 0 aliphatic rings. The molecule has 0 bridgehead atoms. The number of aromatic nitrogens is 3. The molecule has 6 nitrogen and oxygen atoms in total. The number of fused-ring (bicyclic) bond motifs is 1. The van der Waals surface area contributed by atoms with Gasteiger partial charge in [0.25, 0.3) is 0 Å². The largest absolute Gasteiger partial charge is 0.489 e. The first-order valence-corrected chi connectivity index (χ1v) is 9.11. The van der Waals surface area contributed by atoms with Crippen LogP contribution in [0, 0.1) is 5.82 Å². The molecule has 0 spiro atoms. The number of benzene rings is 2. The molecule has 4 rings (SSSR count). The minimum atomic E-state index is -0.270. The van der Waals surface area contributed by atoms with E-state index in [1.54, 1.807) is 24.4 Å². The lowest BCUT2D eigenvalue weighted by atomic mass is 10.2. The van der Waals surface area contributed by atoms with Crippen LogP contribution in [0.15, 0.2) is 67.1 Å². The zero-order valence-corrected chi connectivity index (χ0v) is 17.4. The van der Waals surface area contributed by atoms with Gasteiger partial charge >= 0.3 is 0 Å². The summed E-state index contributed by atoms with van der Waals surface area (Å²) in [5.74, 6) is 1.91. The van der Waals surface area contributed by atoms with Gasteiger partial charge in [0.15, 0.2) is 0 Å². The molecule has 0 atom stereocenters. The lowest BCUT2D eigenvalue weighted by Gasteiger charge is -2.13. The Bertz CT molecular complexity index is 1140. The Kier molecular flexibility index (Phi) is 6.64. The Balaban J connectivity index is 0.00000256. The van der Waals surface area contributed by atoms with E-state index in [1.807, 2.05) is 49.3 Å². The summed E-state index contributed by atoms with van der Waals surface area (Å²) in [6.45, 7) is 0.177. The van der Waals surface area contributed by atoms with Crippen LogP contribution >= 0.6 is 12.4 Å². The Morgan fingerprint density at radius 1 is 1.00 bits per heavy atom. The average Bonchev–Trinajstić information content (AvgIpc) is 2.74. The molecule has 1 N–H and O–H groups in total. The van der Waals surface area contributed by atoms with Crippen LogP contribution in [0.25, 0.3) is 10.9 Å².